The molecule has 1 aliphatic heterocycles. The predicted octanol–water partition coefficient (Wildman–Crippen LogP) is 4.83. The molecule has 1 saturated heterocycles. The molecule has 7 nitrogen and oxygen atoms in total. The number of H-pyrrole nitrogens is 1. The van der Waals surface area contributed by atoms with Crippen LogP contribution in [0.2, 0.25) is 0 Å². The maximum Gasteiger partial charge on any atom is 0.408 e. The number of fused-ring (bicyclic) bond motifs is 1. The number of piperidine rings is 1. The summed E-state index contributed by atoms with van der Waals surface area (Å²) in [5.74, 6) is 1.29. The zero-order valence-electron chi connectivity index (χ0n) is 18.5. The third-order valence-corrected chi connectivity index (χ3v) is 6.30. The molecular weight excluding hydrogens is 390 g/mol. The van der Waals surface area contributed by atoms with E-state index in [-0.39, 0.29) is 12.1 Å². The van der Waals surface area contributed by atoms with Gasteiger partial charge in [0.05, 0.1) is 11.4 Å². The summed E-state index contributed by atoms with van der Waals surface area (Å²) in [6.45, 7) is 7.65. The second kappa shape index (κ2) is 8.96. The van der Waals surface area contributed by atoms with E-state index in [1.807, 2.05) is 51.2 Å². The van der Waals surface area contributed by atoms with Crippen molar-refractivity contribution in [2.24, 2.45) is 5.92 Å². The van der Waals surface area contributed by atoms with Crippen LogP contribution in [0.15, 0.2) is 48.9 Å². The monoisotopic (exact) mass is 421 g/mol. The van der Waals surface area contributed by atoms with Crippen LogP contribution in [0.5, 0.6) is 0 Å². The van der Waals surface area contributed by atoms with E-state index < -0.39 is 5.60 Å². The summed E-state index contributed by atoms with van der Waals surface area (Å²) >= 11 is 0. The molecule has 0 radical (unpaired) electrons. The van der Waals surface area contributed by atoms with Crippen LogP contribution in [0.4, 0.5) is 10.6 Å². The van der Waals surface area contributed by atoms with Crippen LogP contribution in [0.25, 0.3) is 11.0 Å². The minimum absolute atomic E-state index is 0.0822. The number of carbonyl (C=O) groups excluding carboxylic acids is 1. The first-order valence-corrected chi connectivity index (χ1v) is 11.0. The van der Waals surface area contributed by atoms with Gasteiger partial charge in [-0.15, -0.1) is 0 Å². The second-order valence-electron chi connectivity index (χ2n) is 8.80. The van der Waals surface area contributed by atoms with Gasteiger partial charge in [0.15, 0.2) is 0 Å². The number of aromatic nitrogens is 3. The lowest BCUT2D eigenvalue weighted by molar-refractivity contribution is 0.0322. The number of benzene rings is 1. The van der Waals surface area contributed by atoms with E-state index in [0.717, 1.165) is 54.8 Å². The van der Waals surface area contributed by atoms with Crippen molar-refractivity contribution in [3.63, 3.8) is 0 Å². The maximum atomic E-state index is 12.7. The third kappa shape index (κ3) is 4.81. The van der Waals surface area contributed by atoms with Crippen LogP contribution in [-0.2, 0) is 4.74 Å². The Kier molecular flexibility index (Phi) is 6.11. The van der Waals surface area contributed by atoms with Crippen molar-refractivity contribution in [3.05, 3.63) is 54.5 Å². The number of nitrogens with zero attached hydrogens (tertiary/aromatic N) is 3. The molecule has 2 N–H and O–H groups in total. The smallest absolute Gasteiger partial charge is 0.408 e. The van der Waals surface area contributed by atoms with Crippen molar-refractivity contribution < 1.29 is 9.53 Å². The summed E-state index contributed by atoms with van der Waals surface area (Å²) in [7, 11) is 0. The highest BCUT2D eigenvalue weighted by Crippen LogP contribution is 2.34. The van der Waals surface area contributed by atoms with Gasteiger partial charge in [-0.1, -0.05) is 37.3 Å². The molecule has 0 bridgehead atoms. The number of anilines is 1. The Bertz CT molecular complexity index is 1010. The topological polar surface area (TPSA) is 83.1 Å². The van der Waals surface area contributed by atoms with Gasteiger partial charge in [0.2, 0.25) is 0 Å². The molecule has 0 spiro atoms. The zero-order valence-corrected chi connectivity index (χ0v) is 18.5. The Labute approximate surface area is 183 Å². The summed E-state index contributed by atoms with van der Waals surface area (Å²) in [6, 6.07) is 12.1. The third-order valence-electron chi connectivity index (χ3n) is 6.30. The molecule has 4 rings (SSSR count). The van der Waals surface area contributed by atoms with Gasteiger partial charge >= 0.3 is 6.09 Å². The Morgan fingerprint density at radius 2 is 1.97 bits per heavy atom. The fraction of sp³-hybridized carbons (Fsp3) is 0.458. The summed E-state index contributed by atoms with van der Waals surface area (Å²) in [5, 5.41) is 4.21. The van der Waals surface area contributed by atoms with E-state index in [0.29, 0.717) is 5.92 Å². The van der Waals surface area contributed by atoms with Gasteiger partial charge in [-0.3, -0.25) is 0 Å². The number of amides is 1. The molecule has 1 amide bonds. The van der Waals surface area contributed by atoms with Crippen molar-refractivity contribution >= 4 is 22.9 Å². The average molecular weight is 422 g/mol. The molecule has 31 heavy (non-hydrogen) atoms. The molecule has 164 valence electrons. The van der Waals surface area contributed by atoms with Gasteiger partial charge in [0, 0.05) is 19.3 Å². The summed E-state index contributed by atoms with van der Waals surface area (Å²) in [6.07, 6.45) is 5.82. The van der Waals surface area contributed by atoms with Gasteiger partial charge < -0.3 is 19.9 Å². The number of hydrogen-bond acceptors (Lipinski definition) is 5. The molecule has 1 aromatic carbocycles. The van der Waals surface area contributed by atoms with Gasteiger partial charge in [0.1, 0.15) is 23.4 Å². The highest BCUT2D eigenvalue weighted by Gasteiger charge is 2.31. The van der Waals surface area contributed by atoms with E-state index in [9.17, 15) is 4.79 Å². The van der Waals surface area contributed by atoms with E-state index in [4.69, 9.17) is 4.74 Å². The van der Waals surface area contributed by atoms with Gasteiger partial charge in [-0.2, -0.15) is 0 Å². The first-order chi connectivity index (χ1) is 15.0. The maximum absolute atomic E-state index is 12.7. The SMILES string of the molecule is CCC(C)(C)OC(=O)NC(c1ccccc1)C1CCN(c2ncnc3[nH]ccc23)CC1. The normalized spacial score (nSPS) is 16.3. The first-order valence-electron chi connectivity index (χ1n) is 11.0. The Balaban J connectivity index is 1.48. The molecule has 1 atom stereocenters. The number of aromatic amines is 1. The largest absolute Gasteiger partial charge is 0.444 e. The number of hydrogen-bond donors (Lipinski definition) is 2. The van der Waals surface area contributed by atoms with Crippen LogP contribution in [-0.4, -0.2) is 39.7 Å². The average Bonchev–Trinajstić information content (AvgIpc) is 3.27. The number of ether oxygens (including phenoxy) is 1. The van der Waals surface area contributed by atoms with Gasteiger partial charge in [0.25, 0.3) is 0 Å². The molecular formula is C24H31N5O2. The van der Waals surface area contributed by atoms with Gasteiger partial charge in [-0.25, -0.2) is 14.8 Å². The lowest BCUT2D eigenvalue weighted by Crippen LogP contribution is -2.43. The molecule has 0 aliphatic carbocycles. The van der Waals surface area contributed by atoms with Crippen LogP contribution >= 0.6 is 0 Å². The minimum atomic E-state index is -0.483. The molecule has 1 unspecified atom stereocenters. The van der Waals surface area contributed by atoms with E-state index in [2.05, 4.69) is 37.3 Å². The standard InChI is InChI=1S/C24H31N5O2/c1-4-24(2,3)31-23(30)28-20(17-8-6-5-7-9-17)18-11-14-29(15-12-18)22-19-10-13-25-21(19)26-16-27-22/h5-10,13,16,18,20H,4,11-12,14-15H2,1-3H3,(H,28,30)(H,25,26,27). The fourth-order valence-electron chi connectivity index (χ4n) is 4.17. The van der Waals surface area contributed by atoms with Gasteiger partial charge in [-0.05, 0) is 50.7 Å². The van der Waals surface area contributed by atoms with Crippen LogP contribution in [0.3, 0.4) is 0 Å². The Morgan fingerprint density at radius 3 is 2.68 bits per heavy atom. The van der Waals surface area contributed by atoms with Crippen LogP contribution in [0, 0.1) is 5.92 Å². The molecule has 7 heteroatoms. The number of carbonyl (C=O) groups is 1. The molecule has 1 aliphatic rings. The van der Waals surface area contributed by atoms with Crippen molar-refractivity contribution in [2.45, 2.75) is 51.7 Å². The van der Waals surface area contributed by atoms with Crippen LogP contribution < -0.4 is 10.2 Å². The summed E-state index contributed by atoms with van der Waals surface area (Å²) < 4.78 is 5.68. The quantitative estimate of drug-likeness (QED) is 0.596. The fourth-order valence-corrected chi connectivity index (χ4v) is 4.17. The molecule has 3 aromatic rings. The highest BCUT2D eigenvalue weighted by atomic mass is 16.6. The first kappa shape index (κ1) is 21.2. The molecule has 1 fully saturated rings. The minimum Gasteiger partial charge on any atom is -0.444 e. The van der Waals surface area contributed by atoms with Crippen molar-refractivity contribution in [1.82, 2.24) is 20.3 Å². The summed E-state index contributed by atoms with van der Waals surface area (Å²) in [4.78, 5) is 27.0. The highest BCUT2D eigenvalue weighted by molar-refractivity contribution is 5.87. The zero-order chi connectivity index (χ0) is 21.8. The summed E-state index contributed by atoms with van der Waals surface area (Å²) in [5.41, 5.74) is 1.49. The van der Waals surface area contributed by atoms with E-state index in [1.165, 1.54) is 0 Å². The lowest BCUT2D eigenvalue weighted by Gasteiger charge is -2.37. The Morgan fingerprint density at radius 1 is 1.23 bits per heavy atom. The lowest BCUT2D eigenvalue weighted by atomic mass is 9.85. The molecule has 3 heterocycles. The van der Waals surface area contributed by atoms with E-state index in [1.54, 1.807) is 6.33 Å². The predicted molar refractivity (Wildman–Crippen MR) is 122 cm³/mol. The van der Waals surface area contributed by atoms with Crippen molar-refractivity contribution in [3.8, 4) is 0 Å². The number of rotatable bonds is 6. The Hall–Kier alpha value is -3.09. The van der Waals surface area contributed by atoms with E-state index >= 15 is 0 Å². The van der Waals surface area contributed by atoms with Crippen molar-refractivity contribution in [1.29, 1.82) is 0 Å². The number of alkyl carbamates (subject to hydrolysis) is 1. The van der Waals surface area contributed by atoms with Crippen LogP contribution in [0.1, 0.15) is 51.6 Å². The molecule has 0 saturated carbocycles. The molecule has 2 aromatic heterocycles. The van der Waals surface area contributed by atoms with Crippen molar-refractivity contribution in [2.75, 3.05) is 18.0 Å². The second-order valence-corrected chi connectivity index (χ2v) is 8.80. The number of nitrogens with one attached hydrogen (secondary N) is 2.